The van der Waals surface area contributed by atoms with Crippen molar-refractivity contribution in [3.63, 3.8) is 0 Å². The van der Waals surface area contributed by atoms with Crippen LogP contribution in [0.3, 0.4) is 0 Å². The Bertz CT molecular complexity index is 1380. The topological polar surface area (TPSA) is 130 Å². The van der Waals surface area contributed by atoms with Crippen molar-refractivity contribution >= 4 is 11.8 Å². The fraction of sp³-hybridized carbons (Fsp3) is 0.412. The van der Waals surface area contributed by atoms with Gasteiger partial charge in [-0.1, -0.05) is 60.7 Å². The van der Waals surface area contributed by atoms with E-state index >= 15 is 0 Å². The van der Waals surface area contributed by atoms with Gasteiger partial charge in [0.1, 0.15) is 0 Å². The number of amides is 2. The van der Waals surface area contributed by atoms with Crippen molar-refractivity contribution in [2.75, 3.05) is 32.8 Å². The fourth-order valence-electron chi connectivity index (χ4n) is 5.58. The molecule has 3 aromatic carbocycles. The first kappa shape index (κ1) is 31.8. The SMILES string of the molecule is O=C(CCCC(=O)NCc1cccc(-c2cccc(C3OC(CN4CCOCC4)CC(c4ccc(CO)cc4)O3)c2)c1)NO. The molecule has 0 saturated carbocycles. The Hall–Kier alpha value is -3.64. The average molecular weight is 604 g/mol. The van der Waals surface area contributed by atoms with E-state index in [2.05, 4.69) is 16.3 Å². The molecule has 234 valence electrons. The molecule has 44 heavy (non-hydrogen) atoms. The highest BCUT2D eigenvalue weighted by Crippen LogP contribution is 2.39. The van der Waals surface area contributed by atoms with Gasteiger partial charge in [-0.2, -0.15) is 0 Å². The molecule has 10 nitrogen and oxygen atoms in total. The standard InChI is InChI=1S/C34H41N3O7/c38-23-24-10-12-26(13-11-24)31-20-30(22-37-14-16-42-17-15-37)43-34(44-31)29-7-2-6-28(19-29)27-5-1-4-25(18-27)21-35-32(39)8-3-9-33(40)36-41/h1-2,4-7,10-13,18-19,30-31,34,38,41H,3,8-9,14-17,20-23H2,(H,35,39)(H,36,40). The van der Waals surface area contributed by atoms with E-state index in [1.807, 2.05) is 66.7 Å². The summed E-state index contributed by atoms with van der Waals surface area (Å²) >= 11 is 0. The summed E-state index contributed by atoms with van der Waals surface area (Å²) in [5.74, 6) is -0.654. The number of morpholine rings is 1. The molecule has 10 heteroatoms. The molecule has 2 saturated heterocycles. The zero-order valence-corrected chi connectivity index (χ0v) is 24.8. The number of hydroxylamine groups is 1. The number of benzene rings is 3. The van der Waals surface area contributed by atoms with E-state index in [1.165, 1.54) is 0 Å². The van der Waals surface area contributed by atoms with Crippen molar-refractivity contribution in [3.05, 3.63) is 95.1 Å². The Morgan fingerprint density at radius 1 is 0.841 bits per heavy atom. The first-order valence-electron chi connectivity index (χ1n) is 15.2. The maximum Gasteiger partial charge on any atom is 0.243 e. The summed E-state index contributed by atoms with van der Waals surface area (Å²) in [5.41, 5.74) is 7.40. The van der Waals surface area contributed by atoms with Crippen molar-refractivity contribution in [1.29, 1.82) is 0 Å². The van der Waals surface area contributed by atoms with Gasteiger partial charge in [0.25, 0.3) is 0 Å². The second-order valence-electron chi connectivity index (χ2n) is 11.3. The Morgan fingerprint density at radius 2 is 1.57 bits per heavy atom. The van der Waals surface area contributed by atoms with Gasteiger partial charge in [0.15, 0.2) is 6.29 Å². The number of aliphatic hydroxyl groups excluding tert-OH is 1. The molecule has 0 aliphatic carbocycles. The summed E-state index contributed by atoms with van der Waals surface area (Å²) in [4.78, 5) is 25.8. The molecular weight excluding hydrogens is 562 g/mol. The number of carbonyl (C=O) groups is 2. The van der Waals surface area contributed by atoms with Gasteiger partial charge in [0.2, 0.25) is 11.8 Å². The van der Waals surface area contributed by atoms with Crippen LogP contribution < -0.4 is 10.8 Å². The molecule has 0 radical (unpaired) electrons. The second-order valence-corrected chi connectivity index (χ2v) is 11.3. The minimum Gasteiger partial charge on any atom is -0.392 e. The molecule has 3 atom stereocenters. The van der Waals surface area contributed by atoms with Crippen LogP contribution in [-0.2, 0) is 37.0 Å². The van der Waals surface area contributed by atoms with E-state index in [0.717, 1.165) is 72.6 Å². The average Bonchev–Trinajstić information content (AvgIpc) is 3.08. The van der Waals surface area contributed by atoms with Gasteiger partial charge in [0.05, 0.1) is 32.0 Å². The number of ether oxygens (including phenoxy) is 3. The van der Waals surface area contributed by atoms with Gasteiger partial charge in [-0.25, -0.2) is 5.48 Å². The van der Waals surface area contributed by atoms with Crippen LogP contribution in [0.25, 0.3) is 11.1 Å². The first-order chi connectivity index (χ1) is 21.5. The minimum atomic E-state index is -0.548. The number of rotatable bonds is 12. The van der Waals surface area contributed by atoms with Gasteiger partial charge in [-0.3, -0.25) is 19.7 Å². The van der Waals surface area contributed by atoms with Crippen LogP contribution in [0.2, 0.25) is 0 Å². The van der Waals surface area contributed by atoms with E-state index < -0.39 is 12.2 Å². The van der Waals surface area contributed by atoms with Crippen molar-refractivity contribution in [3.8, 4) is 11.1 Å². The number of nitrogens with zero attached hydrogens (tertiary/aromatic N) is 1. The van der Waals surface area contributed by atoms with Crippen LogP contribution >= 0.6 is 0 Å². The quantitative estimate of drug-likeness (QED) is 0.181. The van der Waals surface area contributed by atoms with Gasteiger partial charge in [0, 0.05) is 51.0 Å². The zero-order valence-electron chi connectivity index (χ0n) is 24.8. The summed E-state index contributed by atoms with van der Waals surface area (Å²) < 4.78 is 18.7. The van der Waals surface area contributed by atoms with Crippen molar-refractivity contribution in [2.45, 2.75) is 57.3 Å². The lowest BCUT2D eigenvalue weighted by Crippen LogP contribution is -2.44. The summed E-state index contributed by atoms with van der Waals surface area (Å²) in [5, 5.41) is 21.0. The molecule has 0 bridgehead atoms. The third-order valence-corrected chi connectivity index (χ3v) is 8.02. The molecule has 3 aromatic rings. The van der Waals surface area contributed by atoms with Crippen molar-refractivity contribution in [2.24, 2.45) is 0 Å². The van der Waals surface area contributed by atoms with E-state index in [9.17, 15) is 14.7 Å². The van der Waals surface area contributed by atoms with Crippen LogP contribution in [0.15, 0.2) is 72.8 Å². The molecule has 2 amide bonds. The predicted octanol–water partition coefficient (Wildman–Crippen LogP) is 4.02. The largest absolute Gasteiger partial charge is 0.392 e. The Balaban J connectivity index is 1.28. The lowest BCUT2D eigenvalue weighted by atomic mass is 9.98. The molecule has 2 aliphatic rings. The molecular formula is C34H41N3O7. The Labute approximate surface area is 257 Å². The highest BCUT2D eigenvalue weighted by molar-refractivity contribution is 5.78. The molecule has 3 unspecified atom stereocenters. The zero-order chi connectivity index (χ0) is 30.7. The molecule has 4 N–H and O–H groups in total. The number of carbonyl (C=O) groups excluding carboxylic acids is 2. The predicted molar refractivity (Wildman–Crippen MR) is 163 cm³/mol. The monoisotopic (exact) mass is 603 g/mol. The molecule has 0 spiro atoms. The van der Waals surface area contributed by atoms with Gasteiger partial charge < -0.3 is 24.6 Å². The van der Waals surface area contributed by atoms with E-state index in [0.29, 0.717) is 13.0 Å². The van der Waals surface area contributed by atoms with Crippen LogP contribution in [0.5, 0.6) is 0 Å². The summed E-state index contributed by atoms with van der Waals surface area (Å²) in [7, 11) is 0. The molecule has 5 rings (SSSR count). The second kappa shape index (κ2) is 15.9. The fourth-order valence-corrected chi connectivity index (χ4v) is 5.58. The lowest BCUT2D eigenvalue weighted by Gasteiger charge is -2.39. The molecule has 2 aliphatic heterocycles. The lowest BCUT2D eigenvalue weighted by molar-refractivity contribution is -0.253. The van der Waals surface area contributed by atoms with Crippen LogP contribution in [0.4, 0.5) is 0 Å². The number of hydrogen-bond acceptors (Lipinski definition) is 8. The number of aliphatic hydroxyl groups is 1. The molecule has 0 aromatic heterocycles. The smallest absolute Gasteiger partial charge is 0.243 e. The summed E-state index contributed by atoms with van der Waals surface area (Å²) in [6, 6.07) is 24.1. The van der Waals surface area contributed by atoms with E-state index in [-0.39, 0.29) is 37.6 Å². The Kier molecular flexibility index (Phi) is 11.5. The number of hydrogen-bond donors (Lipinski definition) is 4. The highest BCUT2D eigenvalue weighted by atomic mass is 16.7. The minimum absolute atomic E-state index is 0.00304. The maximum absolute atomic E-state index is 12.2. The summed E-state index contributed by atoms with van der Waals surface area (Å²) in [6.45, 7) is 4.40. The van der Waals surface area contributed by atoms with Crippen molar-refractivity contribution < 1.29 is 34.1 Å². The third kappa shape index (κ3) is 8.95. The van der Waals surface area contributed by atoms with E-state index in [1.54, 1.807) is 5.48 Å². The molecule has 2 heterocycles. The normalized spacial score (nSPS) is 20.6. The van der Waals surface area contributed by atoms with Crippen molar-refractivity contribution in [1.82, 2.24) is 15.7 Å². The van der Waals surface area contributed by atoms with Crippen LogP contribution in [0, 0.1) is 0 Å². The number of nitrogens with one attached hydrogen (secondary N) is 2. The maximum atomic E-state index is 12.2. The Morgan fingerprint density at radius 3 is 2.32 bits per heavy atom. The van der Waals surface area contributed by atoms with Gasteiger partial charge in [-0.05, 0) is 46.4 Å². The van der Waals surface area contributed by atoms with Gasteiger partial charge >= 0.3 is 0 Å². The third-order valence-electron chi connectivity index (χ3n) is 8.02. The van der Waals surface area contributed by atoms with E-state index in [4.69, 9.17) is 19.4 Å². The first-order valence-corrected chi connectivity index (χ1v) is 15.2. The molecule has 2 fully saturated rings. The highest BCUT2D eigenvalue weighted by Gasteiger charge is 2.33. The summed E-state index contributed by atoms with van der Waals surface area (Å²) in [6.07, 6.45) is 0.661. The van der Waals surface area contributed by atoms with Crippen LogP contribution in [-0.4, -0.2) is 66.0 Å². The van der Waals surface area contributed by atoms with Crippen LogP contribution in [0.1, 0.15) is 60.3 Å². The van der Waals surface area contributed by atoms with Gasteiger partial charge in [-0.15, -0.1) is 0 Å².